The Kier molecular flexibility index (Phi) is 35.3. The Morgan fingerprint density at radius 2 is 1.03 bits per heavy atom. The summed E-state index contributed by atoms with van der Waals surface area (Å²) in [6, 6.07) is 0. The molecule has 69 heavy (non-hydrogen) atoms. The van der Waals surface area contributed by atoms with Crippen molar-refractivity contribution in [3.63, 3.8) is 0 Å². The van der Waals surface area contributed by atoms with Crippen LogP contribution in [0, 0.1) is 0 Å². The average molecular weight is 1020 g/mol. The fraction of sp³-hybridized carbons (Fsp3) is 0.592. The third kappa shape index (κ3) is 33.0. The molecule has 0 bridgehead atoms. The van der Waals surface area contributed by atoms with E-state index in [0.29, 0.717) is 25.7 Å². The fourth-order valence-corrected chi connectivity index (χ4v) is 7.90. The van der Waals surface area contributed by atoms with Crippen molar-refractivity contribution in [3.8, 4) is 0 Å². The zero-order valence-electron chi connectivity index (χ0n) is 39.9. The summed E-state index contributed by atoms with van der Waals surface area (Å²) in [6.07, 6.45) is 28.3. The minimum absolute atomic E-state index is 0.0562. The third-order valence-corrected chi connectivity index (χ3v) is 11.5. The molecule has 18 nitrogen and oxygen atoms in total. The lowest BCUT2D eigenvalue weighted by Crippen LogP contribution is -2.64. The van der Waals surface area contributed by atoms with Gasteiger partial charge in [0.25, 0.3) is 0 Å². The van der Waals surface area contributed by atoms with Crippen LogP contribution in [-0.4, -0.2) is 125 Å². The summed E-state index contributed by atoms with van der Waals surface area (Å²) in [5.74, 6) is -1.41. The molecule has 0 aromatic heterocycles. The number of aliphatic hydroxyl groups excluding tert-OH is 6. The summed E-state index contributed by atoms with van der Waals surface area (Å²) >= 11 is 0. The first-order valence-corrected chi connectivity index (χ1v) is 26.7. The highest BCUT2D eigenvalue weighted by Crippen LogP contribution is 2.49. The summed E-state index contributed by atoms with van der Waals surface area (Å²) < 4.78 is 49.2. The maximum atomic E-state index is 13.0. The number of unbranched alkanes of at least 4 members (excludes halogenated alkanes) is 5. The number of phosphoric ester groups is 2. The predicted octanol–water partition coefficient (Wildman–Crippen LogP) is 6.89. The summed E-state index contributed by atoms with van der Waals surface area (Å²) in [5.41, 5.74) is 0. The lowest BCUT2D eigenvalue weighted by atomic mass is 9.85. The number of carbonyl (C=O) groups excluding carboxylic acids is 2. The molecule has 0 heterocycles. The van der Waals surface area contributed by atoms with Gasteiger partial charge in [-0.2, -0.15) is 0 Å². The number of carbonyl (C=O) groups is 2. The quantitative estimate of drug-likeness (QED) is 0.0101. The molecule has 1 fully saturated rings. The van der Waals surface area contributed by atoms with Crippen LogP contribution in [0.3, 0.4) is 0 Å². The molecule has 0 aromatic carbocycles. The highest BCUT2D eigenvalue weighted by Gasteiger charge is 2.54. The molecule has 1 rings (SSSR count). The largest absolute Gasteiger partial charge is 0.472 e. The zero-order valence-corrected chi connectivity index (χ0v) is 41.7. The van der Waals surface area contributed by atoms with E-state index < -0.39 is 95.7 Å². The van der Waals surface area contributed by atoms with Gasteiger partial charge in [0.05, 0.1) is 18.8 Å². The van der Waals surface area contributed by atoms with E-state index >= 15 is 0 Å². The van der Waals surface area contributed by atoms with Gasteiger partial charge in [0.15, 0.2) is 6.10 Å². The first kappa shape index (κ1) is 63.6. The van der Waals surface area contributed by atoms with Crippen molar-refractivity contribution in [2.75, 3.05) is 13.2 Å². The van der Waals surface area contributed by atoms with Crippen LogP contribution in [0.25, 0.3) is 0 Å². The van der Waals surface area contributed by atoms with Crippen molar-refractivity contribution in [1.82, 2.24) is 0 Å². The number of esters is 2. The van der Waals surface area contributed by atoms with Crippen molar-refractivity contribution in [2.45, 2.75) is 172 Å². The van der Waals surface area contributed by atoms with Crippen molar-refractivity contribution < 1.29 is 87.1 Å². The van der Waals surface area contributed by atoms with Crippen LogP contribution in [0.2, 0.25) is 0 Å². The van der Waals surface area contributed by atoms with Gasteiger partial charge >= 0.3 is 27.6 Å². The van der Waals surface area contributed by atoms with Gasteiger partial charge in [0.1, 0.15) is 43.2 Å². The van der Waals surface area contributed by atoms with Gasteiger partial charge in [0.2, 0.25) is 0 Å². The molecule has 5 unspecified atom stereocenters. The predicted molar refractivity (Wildman–Crippen MR) is 262 cm³/mol. The van der Waals surface area contributed by atoms with Gasteiger partial charge in [0, 0.05) is 12.8 Å². The van der Waals surface area contributed by atoms with Crippen molar-refractivity contribution in [3.05, 3.63) is 109 Å². The number of allylic oxidation sites excluding steroid dienone is 14. The monoisotopic (exact) mass is 1020 g/mol. The Hall–Kier alpha value is -3.42. The molecule has 0 amide bonds. The number of aliphatic hydroxyl groups is 6. The van der Waals surface area contributed by atoms with Crippen LogP contribution in [0.5, 0.6) is 0 Å². The van der Waals surface area contributed by atoms with Gasteiger partial charge in [-0.05, 0) is 70.6 Å². The van der Waals surface area contributed by atoms with E-state index in [1.54, 1.807) is 54.7 Å². The molecule has 1 aliphatic rings. The molecule has 0 radical (unpaired) electrons. The first-order valence-electron chi connectivity index (χ1n) is 23.6. The SMILES string of the molecule is CC/C=C\C/C=C\C/C=C\CCCCCCCC(=O)OC[C@H](COP(=O)(O)O[C@H]1C(O)C(O)C(O)[C@@H](OP(=O)(O)O)C1O)OC(=O)CC/C=C\C/C=C\C[C@@H](O)/C=C/C=C\C=C\[C@@H](O)C/C=C\CC. The minimum atomic E-state index is -5.40. The molecule has 10 atom stereocenters. The van der Waals surface area contributed by atoms with Crippen LogP contribution in [0.4, 0.5) is 0 Å². The van der Waals surface area contributed by atoms with Crippen molar-refractivity contribution in [1.29, 1.82) is 0 Å². The Balaban J connectivity index is 2.71. The van der Waals surface area contributed by atoms with Gasteiger partial charge in [-0.3, -0.25) is 23.2 Å². The smallest absolute Gasteiger partial charge is 0.462 e. The number of hydrogen-bond acceptors (Lipinski definition) is 15. The molecule has 0 spiro atoms. The van der Waals surface area contributed by atoms with Crippen LogP contribution >= 0.6 is 15.6 Å². The number of rotatable bonds is 37. The summed E-state index contributed by atoms with van der Waals surface area (Å²) in [5, 5.41) is 61.3. The average Bonchev–Trinajstić information content (AvgIpc) is 3.30. The molecule has 0 aromatic rings. The Morgan fingerprint density at radius 1 is 0.536 bits per heavy atom. The highest BCUT2D eigenvalue weighted by atomic mass is 31.2. The van der Waals surface area contributed by atoms with Gasteiger partial charge < -0.3 is 54.8 Å². The molecule has 1 saturated carbocycles. The molecule has 9 N–H and O–H groups in total. The first-order chi connectivity index (χ1) is 32.9. The second-order valence-electron chi connectivity index (χ2n) is 16.1. The van der Waals surface area contributed by atoms with Crippen LogP contribution in [0.15, 0.2) is 109 Å². The van der Waals surface area contributed by atoms with Crippen molar-refractivity contribution >= 4 is 27.6 Å². The van der Waals surface area contributed by atoms with E-state index in [2.05, 4.69) is 47.9 Å². The standard InChI is InChI=1S/C49H78O18P2/c1-3-5-7-8-9-10-11-12-13-14-15-16-17-21-29-35-42(52)63-37-41(38-64-69(61,62)67-49-46(56)44(54)45(55)48(47(49)57)66-68(58,59)60)65-43(53)36-30-22-19-18-20-26-32-40(51)34-28-24-23-27-33-39(50)31-25-6-4-2/h5-7,9-10,12-13,19-20,22-28,33-34,39-41,44-51,54-57H,3-4,8,11,14-18,21,29-32,35-38H2,1-2H3,(H,61,62)(H2,58,59,60)/b7-5-,10-9-,13-12-,22-19-,24-23-,25-6-,26-20-,33-27+,34-28+/t39-,40+,41+,44?,45?,46?,47?,48+,49-/m0/s1. The second kappa shape index (κ2) is 38.3. The van der Waals surface area contributed by atoms with E-state index in [1.165, 1.54) is 0 Å². The minimum Gasteiger partial charge on any atom is -0.462 e. The zero-order chi connectivity index (χ0) is 51.3. The molecule has 0 saturated heterocycles. The third-order valence-electron chi connectivity index (χ3n) is 10.0. The van der Waals surface area contributed by atoms with Crippen LogP contribution in [-0.2, 0) is 41.8 Å². The van der Waals surface area contributed by atoms with Gasteiger partial charge in [-0.15, -0.1) is 0 Å². The van der Waals surface area contributed by atoms with E-state index in [0.717, 1.165) is 57.8 Å². The van der Waals surface area contributed by atoms with Crippen LogP contribution in [0.1, 0.15) is 117 Å². The lowest BCUT2D eigenvalue weighted by Gasteiger charge is -2.43. The van der Waals surface area contributed by atoms with E-state index in [9.17, 15) is 64.0 Å². The number of phosphoric acid groups is 2. The molecule has 20 heteroatoms. The fourth-order valence-electron chi connectivity index (χ4n) is 6.36. The normalized spacial score (nSPS) is 23.0. The molecular weight excluding hydrogens is 938 g/mol. The topological polar surface area (TPSA) is 296 Å². The molecule has 392 valence electrons. The summed E-state index contributed by atoms with van der Waals surface area (Å²) in [7, 11) is -10.8. The molecule has 1 aliphatic carbocycles. The second-order valence-corrected chi connectivity index (χ2v) is 18.7. The Morgan fingerprint density at radius 3 is 1.62 bits per heavy atom. The Bertz CT molecular complexity index is 1780. The maximum Gasteiger partial charge on any atom is 0.472 e. The number of ether oxygens (including phenoxy) is 2. The van der Waals surface area contributed by atoms with Gasteiger partial charge in [-0.1, -0.05) is 142 Å². The van der Waals surface area contributed by atoms with Crippen LogP contribution < -0.4 is 0 Å². The highest BCUT2D eigenvalue weighted by molar-refractivity contribution is 7.47. The maximum absolute atomic E-state index is 13.0. The summed E-state index contributed by atoms with van der Waals surface area (Å²) in [6.45, 7) is 2.63. The van der Waals surface area contributed by atoms with Gasteiger partial charge in [-0.25, -0.2) is 9.13 Å². The lowest BCUT2D eigenvalue weighted by molar-refractivity contribution is -0.216. The van der Waals surface area contributed by atoms with E-state index in [1.807, 2.05) is 25.2 Å². The van der Waals surface area contributed by atoms with E-state index in [-0.39, 0.29) is 19.3 Å². The molecular formula is C49H78O18P2. The molecule has 0 aliphatic heterocycles. The van der Waals surface area contributed by atoms with E-state index in [4.69, 9.17) is 18.5 Å². The number of hydrogen-bond donors (Lipinski definition) is 9. The summed E-state index contributed by atoms with van der Waals surface area (Å²) in [4.78, 5) is 54.3. The Labute approximate surface area is 407 Å². The van der Waals surface area contributed by atoms with Crippen molar-refractivity contribution in [2.24, 2.45) is 0 Å².